The molecule has 9 atom stereocenters. The predicted molar refractivity (Wildman–Crippen MR) is 144 cm³/mol. The Kier molecular flexibility index (Phi) is 7.14. The molecule has 1 heterocycles. The number of nitrogens with two attached hydrogens (primary N) is 1. The molecule has 5 rings (SSSR count). The lowest BCUT2D eigenvalue weighted by Gasteiger charge is -2.65. The maximum absolute atomic E-state index is 6.77. The van der Waals surface area contributed by atoms with Crippen molar-refractivity contribution in [2.75, 3.05) is 0 Å². The highest BCUT2D eigenvalue weighted by Gasteiger charge is 2.68. The third-order valence-corrected chi connectivity index (χ3v) is 12.4. The predicted octanol–water partition coefficient (Wildman–Crippen LogP) is 8.24. The second-order valence-electron chi connectivity index (χ2n) is 13.1. The summed E-state index contributed by atoms with van der Waals surface area (Å²) in [6.45, 7) is 7.51. The number of fused-ring (bicyclic) bond motifs is 6. The van der Waals surface area contributed by atoms with Crippen LogP contribution in [0.25, 0.3) is 0 Å². The van der Waals surface area contributed by atoms with Crippen LogP contribution >= 0.6 is 23.8 Å². The molecule has 5 aliphatic rings. The first-order chi connectivity index (χ1) is 16.3. The van der Waals surface area contributed by atoms with Gasteiger partial charge >= 0.3 is 0 Å². The second kappa shape index (κ2) is 9.56. The number of unbranched alkanes of at least 4 members (excludes halogenated alkanes) is 5. The molecule has 0 bridgehead atoms. The van der Waals surface area contributed by atoms with Gasteiger partial charge in [-0.15, -0.1) is 16.7 Å². The normalized spacial score (nSPS) is 47.7. The highest BCUT2D eigenvalue weighted by atomic mass is 35.5. The minimum Gasteiger partial charge on any atom is -0.255 e. The van der Waals surface area contributed by atoms with Gasteiger partial charge in [0, 0.05) is 11.3 Å². The Labute approximate surface area is 218 Å². The number of hydrazine groups is 1. The quantitative estimate of drug-likeness (QED) is 0.164. The largest absolute Gasteiger partial charge is 0.255 e. The Hall–Kier alpha value is -0.260. The summed E-state index contributed by atoms with van der Waals surface area (Å²) >= 11 is 12.3. The lowest BCUT2D eigenvalue weighted by molar-refractivity contribution is -0.166. The van der Waals surface area contributed by atoms with Gasteiger partial charge in [-0.1, -0.05) is 59.3 Å². The summed E-state index contributed by atoms with van der Waals surface area (Å²) in [4.78, 5) is 0. The number of halogens is 1. The smallest absolute Gasteiger partial charge is 0.232 e. The minimum absolute atomic E-state index is 0.214. The summed E-state index contributed by atoms with van der Waals surface area (Å²) in [5, 5.41) is 11.8. The Morgan fingerprint density at radius 1 is 1.00 bits per heavy atom. The first-order valence-corrected chi connectivity index (χ1v) is 15.3. The van der Waals surface area contributed by atoms with Gasteiger partial charge in [0.2, 0.25) is 5.11 Å². The lowest BCUT2D eigenvalue weighted by Crippen LogP contribution is -2.68. The van der Waals surface area contributed by atoms with Crippen LogP contribution in [0.1, 0.15) is 117 Å². The molecule has 1 aliphatic heterocycles. The summed E-state index contributed by atoms with van der Waals surface area (Å²) in [7, 11) is 0. The van der Waals surface area contributed by atoms with Crippen LogP contribution < -0.4 is 5.84 Å². The van der Waals surface area contributed by atoms with Gasteiger partial charge in [-0.25, -0.2) is 5.84 Å². The molecule has 4 saturated carbocycles. The highest BCUT2D eigenvalue weighted by Crippen LogP contribution is 2.70. The van der Waals surface area contributed by atoms with E-state index in [1.807, 2.05) is 0 Å². The van der Waals surface area contributed by atoms with Crippen LogP contribution in [0.2, 0.25) is 0 Å². The molecule has 4 aliphatic carbocycles. The molecule has 4 fully saturated rings. The highest BCUT2D eigenvalue weighted by molar-refractivity contribution is 7.80. The van der Waals surface area contributed by atoms with Crippen LogP contribution in [0.15, 0.2) is 10.2 Å². The lowest BCUT2D eigenvalue weighted by atomic mass is 9.42. The number of rotatable bonds is 7. The van der Waals surface area contributed by atoms with E-state index in [4.69, 9.17) is 34.8 Å². The third kappa shape index (κ3) is 3.90. The Morgan fingerprint density at radius 3 is 2.44 bits per heavy atom. The summed E-state index contributed by atoms with van der Waals surface area (Å²) in [5.74, 6) is 10.2. The summed E-state index contributed by atoms with van der Waals surface area (Å²) < 4.78 is 0. The van der Waals surface area contributed by atoms with Gasteiger partial charge in [0.05, 0.1) is 0 Å². The van der Waals surface area contributed by atoms with E-state index >= 15 is 0 Å². The topological polar surface area (TPSA) is 54.0 Å². The number of hydrogen-bond acceptors (Lipinski definition) is 3. The zero-order valence-corrected chi connectivity index (χ0v) is 23.3. The molecule has 0 radical (unpaired) electrons. The molecular weight excluding hydrogens is 460 g/mol. The maximum atomic E-state index is 6.77. The van der Waals surface area contributed by atoms with Crippen molar-refractivity contribution < 1.29 is 0 Å². The Bertz CT molecular complexity index is 805. The monoisotopic (exact) mass is 506 g/mol. The van der Waals surface area contributed by atoms with E-state index in [0.29, 0.717) is 22.4 Å². The summed E-state index contributed by atoms with van der Waals surface area (Å²) in [5.41, 5.74) is 0.230. The van der Waals surface area contributed by atoms with Crippen molar-refractivity contribution in [1.82, 2.24) is 5.01 Å². The fourth-order valence-corrected chi connectivity index (χ4v) is 10.3. The average Bonchev–Trinajstić information content (AvgIpc) is 3.29. The number of thiocarbonyl (C=S) groups is 1. The van der Waals surface area contributed by atoms with Gasteiger partial charge in [0.25, 0.3) is 0 Å². The number of nitrogens with zero attached hydrogens (tertiary/aromatic N) is 3. The minimum atomic E-state index is -0.476. The molecule has 34 heavy (non-hydrogen) atoms. The zero-order valence-electron chi connectivity index (χ0n) is 21.8. The molecule has 6 heteroatoms. The van der Waals surface area contributed by atoms with Crippen molar-refractivity contribution in [3.8, 4) is 0 Å². The molecule has 0 aromatic carbocycles. The van der Waals surface area contributed by atoms with Gasteiger partial charge < -0.3 is 0 Å². The fraction of sp³-hybridized carbons (Fsp3) is 0.964. The standard InChI is InChI=1S/C28H47ClN4S/c1-4-5-6-7-8-9-10-19-11-12-22-21-18-28(32-31-25(34)33(28)30)24-17-20(29)13-15-27(24,3)23(21)14-16-26(19,22)2/h19-24H,4-18,30H2,1-3H3/t19-,20-,21-,22-,23-,24-,26+,27+,28-/m0/s1. The summed E-state index contributed by atoms with van der Waals surface area (Å²) in [6, 6.07) is 0. The molecular formula is C28H47ClN4S. The SMILES string of the molecule is CCCCCCCC[C@H]1CC[C@H]2[C@@H]3C[C@@]4(N=NC(=S)N4N)[C@H]4C[C@@H](Cl)CC[C@]4(C)[C@H]3CC[C@]12C. The second-order valence-corrected chi connectivity index (χ2v) is 14.1. The van der Waals surface area contributed by atoms with Crippen molar-refractivity contribution in [1.29, 1.82) is 0 Å². The van der Waals surface area contributed by atoms with E-state index in [-0.39, 0.29) is 10.8 Å². The Morgan fingerprint density at radius 2 is 1.71 bits per heavy atom. The van der Waals surface area contributed by atoms with E-state index in [1.165, 1.54) is 77.0 Å². The number of alkyl halides is 1. The molecule has 1 spiro atoms. The van der Waals surface area contributed by atoms with E-state index in [9.17, 15) is 0 Å². The molecule has 192 valence electrons. The number of azo groups is 1. The molecule has 0 amide bonds. The zero-order chi connectivity index (χ0) is 24.1. The molecule has 2 N–H and O–H groups in total. The molecule has 0 unspecified atom stereocenters. The van der Waals surface area contributed by atoms with Crippen LogP contribution in [0.4, 0.5) is 0 Å². The Balaban J connectivity index is 1.37. The van der Waals surface area contributed by atoms with Gasteiger partial charge in [-0.3, -0.25) is 5.01 Å². The van der Waals surface area contributed by atoms with Crippen molar-refractivity contribution >= 4 is 28.9 Å². The van der Waals surface area contributed by atoms with E-state index in [1.54, 1.807) is 5.01 Å². The molecule has 0 aromatic rings. The van der Waals surface area contributed by atoms with Gasteiger partial charge in [0.1, 0.15) is 0 Å². The van der Waals surface area contributed by atoms with Crippen LogP contribution in [-0.4, -0.2) is 21.2 Å². The van der Waals surface area contributed by atoms with E-state index < -0.39 is 5.66 Å². The van der Waals surface area contributed by atoms with E-state index in [2.05, 4.69) is 25.9 Å². The van der Waals surface area contributed by atoms with Gasteiger partial charge in [-0.05, 0) is 105 Å². The molecule has 0 saturated heterocycles. The van der Waals surface area contributed by atoms with Crippen molar-refractivity contribution in [3.05, 3.63) is 0 Å². The van der Waals surface area contributed by atoms with Crippen molar-refractivity contribution in [2.24, 2.45) is 56.5 Å². The summed E-state index contributed by atoms with van der Waals surface area (Å²) in [6.07, 6.45) is 19.7. The number of hydrogen-bond donors (Lipinski definition) is 1. The van der Waals surface area contributed by atoms with Gasteiger partial charge in [-0.2, -0.15) is 5.11 Å². The fourth-order valence-electron chi connectivity index (χ4n) is 9.85. The van der Waals surface area contributed by atoms with E-state index in [0.717, 1.165) is 37.0 Å². The average molecular weight is 507 g/mol. The van der Waals surface area contributed by atoms with Crippen LogP contribution in [0, 0.1) is 40.4 Å². The van der Waals surface area contributed by atoms with Crippen LogP contribution in [0.5, 0.6) is 0 Å². The van der Waals surface area contributed by atoms with Crippen LogP contribution in [0.3, 0.4) is 0 Å². The van der Waals surface area contributed by atoms with Crippen molar-refractivity contribution in [2.45, 2.75) is 128 Å². The molecule has 0 aromatic heterocycles. The van der Waals surface area contributed by atoms with Crippen molar-refractivity contribution in [3.63, 3.8) is 0 Å². The van der Waals surface area contributed by atoms with Crippen LogP contribution in [-0.2, 0) is 0 Å². The van der Waals surface area contributed by atoms with Gasteiger partial charge in [0.15, 0.2) is 5.66 Å². The maximum Gasteiger partial charge on any atom is 0.232 e. The molecule has 4 nitrogen and oxygen atoms in total. The first kappa shape index (κ1) is 25.4. The third-order valence-electron chi connectivity index (χ3n) is 11.7. The first-order valence-electron chi connectivity index (χ1n) is 14.4.